The van der Waals surface area contributed by atoms with Gasteiger partial charge in [0.1, 0.15) is 24.4 Å². The van der Waals surface area contributed by atoms with Gasteiger partial charge in [-0.05, 0) is 24.1 Å². The summed E-state index contributed by atoms with van der Waals surface area (Å²) < 4.78 is 5.37. The Kier molecular flexibility index (Phi) is 4.95. The van der Waals surface area contributed by atoms with Gasteiger partial charge in [0.2, 0.25) is 0 Å². The molecule has 1 aromatic carbocycles. The zero-order valence-corrected chi connectivity index (χ0v) is 11.3. The van der Waals surface area contributed by atoms with Crippen LogP contribution in [0.25, 0.3) is 0 Å². The Labute approximate surface area is 117 Å². The summed E-state index contributed by atoms with van der Waals surface area (Å²) in [6.45, 7) is 1.62. The molecule has 1 aromatic rings. The molecule has 1 aliphatic rings. The van der Waals surface area contributed by atoms with Crippen LogP contribution in [0.2, 0.25) is 0 Å². The number of aryl methyl sites for hydroxylation is 1. The van der Waals surface area contributed by atoms with Crippen molar-refractivity contribution >= 4 is 5.69 Å². The van der Waals surface area contributed by atoms with Gasteiger partial charge in [0, 0.05) is 5.69 Å². The molecule has 1 saturated heterocycles. The molecule has 112 valence electrons. The molecule has 0 spiro atoms. The van der Waals surface area contributed by atoms with Crippen molar-refractivity contribution in [3.63, 3.8) is 0 Å². The van der Waals surface area contributed by atoms with Gasteiger partial charge in [0.15, 0.2) is 6.23 Å². The van der Waals surface area contributed by atoms with Gasteiger partial charge in [-0.2, -0.15) is 0 Å². The molecule has 1 aliphatic heterocycles. The number of aliphatic hydroxyl groups is 4. The van der Waals surface area contributed by atoms with E-state index in [1.54, 1.807) is 0 Å². The summed E-state index contributed by atoms with van der Waals surface area (Å²) in [5.41, 5.74) is 1.91. The highest BCUT2D eigenvalue weighted by atomic mass is 16.6. The van der Waals surface area contributed by atoms with E-state index in [1.807, 2.05) is 24.3 Å². The minimum atomic E-state index is -1.37. The van der Waals surface area contributed by atoms with Gasteiger partial charge >= 0.3 is 0 Å². The maximum Gasteiger partial charge on any atom is 0.157 e. The summed E-state index contributed by atoms with van der Waals surface area (Å²) in [6, 6.07) is 7.60. The van der Waals surface area contributed by atoms with Gasteiger partial charge in [-0.1, -0.05) is 19.1 Å². The molecule has 2 rings (SSSR count). The number of anilines is 1. The third kappa shape index (κ3) is 3.11. The van der Waals surface area contributed by atoms with Crippen molar-refractivity contribution in [2.24, 2.45) is 0 Å². The van der Waals surface area contributed by atoms with E-state index in [4.69, 9.17) is 9.84 Å². The Morgan fingerprint density at radius 2 is 1.70 bits per heavy atom. The second kappa shape index (κ2) is 6.51. The Morgan fingerprint density at radius 1 is 1.05 bits per heavy atom. The second-order valence-corrected chi connectivity index (χ2v) is 4.94. The second-order valence-electron chi connectivity index (χ2n) is 4.94. The summed E-state index contributed by atoms with van der Waals surface area (Å²) in [5, 5.41) is 41.3. The Morgan fingerprint density at radius 3 is 2.25 bits per heavy atom. The molecule has 5 atom stereocenters. The first-order chi connectivity index (χ1) is 9.56. The van der Waals surface area contributed by atoms with E-state index in [1.165, 1.54) is 5.56 Å². The first kappa shape index (κ1) is 15.2. The van der Waals surface area contributed by atoms with E-state index in [2.05, 4.69) is 12.2 Å². The fraction of sp³-hybridized carbons (Fsp3) is 0.571. The number of hydrogen-bond donors (Lipinski definition) is 5. The van der Waals surface area contributed by atoms with Gasteiger partial charge in [-0.15, -0.1) is 0 Å². The molecule has 1 fully saturated rings. The standard InChI is InChI=1S/C14H21NO5/c1-2-8-3-5-9(6-4-8)15-14-13(19)12(18)11(17)10(7-16)20-14/h3-6,10-19H,2,7H2,1H3/t10-,11-,12+,13-,14-/m1/s1. The van der Waals surface area contributed by atoms with E-state index < -0.39 is 37.3 Å². The lowest BCUT2D eigenvalue weighted by Crippen LogP contribution is -2.60. The Bertz CT molecular complexity index is 422. The molecular weight excluding hydrogens is 262 g/mol. The van der Waals surface area contributed by atoms with Crippen molar-refractivity contribution < 1.29 is 25.2 Å². The SMILES string of the molecule is CCc1ccc(N[C@@H]2O[C@H](CO)[C@@H](O)[C@H](O)[C@H]2O)cc1. The zero-order chi connectivity index (χ0) is 14.7. The lowest BCUT2D eigenvalue weighted by Gasteiger charge is -2.40. The highest BCUT2D eigenvalue weighted by molar-refractivity contribution is 5.45. The molecule has 0 bridgehead atoms. The summed E-state index contributed by atoms with van der Waals surface area (Å²) in [5.74, 6) is 0. The van der Waals surface area contributed by atoms with Crippen LogP contribution in [0.15, 0.2) is 24.3 Å². The first-order valence-electron chi connectivity index (χ1n) is 6.72. The van der Waals surface area contributed by atoms with Crippen LogP contribution in [-0.2, 0) is 11.2 Å². The average molecular weight is 283 g/mol. The van der Waals surface area contributed by atoms with Crippen molar-refractivity contribution in [1.29, 1.82) is 0 Å². The number of benzene rings is 1. The topological polar surface area (TPSA) is 102 Å². The minimum absolute atomic E-state index is 0.433. The summed E-state index contributed by atoms with van der Waals surface area (Å²) in [7, 11) is 0. The van der Waals surface area contributed by atoms with Crippen LogP contribution in [0.1, 0.15) is 12.5 Å². The van der Waals surface area contributed by atoms with Crippen molar-refractivity contribution in [2.45, 2.75) is 44.0 Å². The van der Waals surface area contributed by atoms with Crippen LogP contribution in [0.5, 0.6) is 0 Å². The van der Waals surface area contributed by atoms with Crippen LogP contribution in [0, 0.1) is 0 Å². The first-order valence-corrected chi connectivity index (χ1v) is 6.72. The maximum absolute atomic E-state index is 9.90. The number of rotatable bonds is 4. The maximum atomic E-state index is 9.90. The molecule has 6 nitrogen and oxygen atoms in total. The summed E-state index contributed by atoms with van der Waals surface area (Å²) in [6.07, 6.45) is -4.85. The zero-order valence-electron chi connectivity index (χ0n) is 11.3. The lowest BCUT2D eigenvalue weighted by molar-refractivity contribution is -0.221. The van der Waals surface area contributed by atoms with E-state index in [0.717, 1.165) is 12.1 Å². The van der Waals surface area contributed by atoms with Crippen molar-refractivity contribution in [3.05, 3.63) is 29.8 Å². The smallest absolute Gasteiger partial charge is 0.157 e. The average Bonchev–Trinajstić information content (AvgIpc) is 2.48. The van der Waals surface area contributed by atoms with E-state index in [0.29, 0.717) is 0 Å². The van der Waals surface area contributed by atoms with Gasteiger partial charge in [-0.25, -0.2) is 0 Å². The number of nitrogens with one attached hydrogen (secondary N) is 1. The van der Waals surface area contributed by atoms with Crippen molar-refractivity contribution in [2.75, 3.05) is 11.9 Å². The summed E-state index contributed by atoms with van der Waals surface area (Å²) in [4.78, 5) is 0. The highest BCUT2D eigenvalue weighted by Gasteiger charge is 2.43. The molecule has 0 aromatic heterocycles. The molecule has 1 heterocycles. The van der Waals surface area contributed by atoms with E-state index >= 15 is 0 Å². The van der Waals surface area contributed by atoms with Crippen molar-refractivity contribution in [1.82, 2.24) is 0 Å². The van der Waals surface area contributed by atoms with Crippen LogP contribution in [0.3, 0.4) is 0 Å². The minimum Gasteiger partial charge on any atom is -0.394 e. The monoisotopic (exact) mass is 283 g/mol. The molecule has 5 N–H and O–H groups in total. The largest absolute Gasteiger partial charge is 0.394 e. The fourth-order valence-electron chi connectivity index (χ4n) is 2.22. The van der Waals surface area contributed by atoms with Crippen LogP contribution in [-0.4, -0.2) is 57.7 Å². The summed E-state index contributed by atoms with van der Waals surface area (Å²) >= 11 is 0. The molecule has 20 heavy (non-hydrogen) atoms. The molecule has 0 unspecified atom stereocenters. The quantitative estimate of drug-likeness (QED) is 0.509. The Balaban J connectivity index is 2.06. The normalized spacial score (nSPS) is 34.0. The van der Waals surface area contributed by atoms with Crippen LogP contribution in [0.4, 0.5) is 5.69 Å². The van der Waals surface area contributed by atoms with Crippen LogP contribution >= 0.6 is 0 Å². The molecule has 0 radical (unpaired) electrons. The molecular formula is C14H21NO5. The molecule has 0 saturated carbocycles. The third-order valence-corrected chi connectivity index (χ3v) is 3.56. The van der Waals surface area contributed by atoms with E-state index in [-0.39, 0.29) is 0 Å². The number of hydrogen-bond acceptors (Lipinski definition) is 6. The highest BCUT2D eigenvalue weighted by Crippen LogP contribution is 2.23. The van der Waals surface area contributed by atoms with Gasteiger partial charge < -0.3 is 30.5 Å². The van der Waals surface area contributed by atoms with Crippen LogP contribution < -0.4 is 5.32 Å². The fourth-order valence-corrected chi connectivity index (χ4v) is 2.22. The van der Waals surface area contributed by atoms with Gasteiger partial charge in [-0.3, -0.25) is 0 Å². The third-order valence-electron chi connectivity index (χ3n) is 3.56. The Hall–Kier alpha value is -1.18. The van der Waals surface area contributed by atoms with Gasteiger partial charge in [0.05, 0.1) is 6.61 Å². The van der Waals surface area contributed by atoms with Gasteiger partial charge in [0.25, 0.3) is 0 Å². The molecule has 6 heteroatoms. The lowest BCUT2D eigenvalue weighted by atomic mass is 9.98. The van der Waals surface area contributed by atoms with Crippen molar-refractivity contribution in [3.8, 4) is 0 Å². The number of aliphatic hydroxyl groups excluding tert-OH is 4. The van der Waals surface area contributed by atoms with E-state index in [9.17, 15) is 15.3 Å². The molecule has 0 aliphatic carbocycles. The predicted octanol–water partition coefficient (Wildman–Crippen LogP) is -0.539. The predicted molar refractivity (Wildman–Crippen MR) is 73.2 cm³/mol. The molecule has 0 amide bonds. The number of ether oxygens (including phenoxy) is 1.